The normalized spacial score (nSPS) is 12.5. The van der Waals surface area contributed by atoms with E-state index in [9.17, 15) is 9.50 Å². The molecule has 4 nitrogen and oxygen atoms in total. The van der Waals surface area contributed by atoms with Crippen molar-refractivity contribution in [2.75, 3.05) is 6.61 Å². The summed E-state index contributed by atoms with van der Waals surface area (Å²) in [6, 6.07) is 14.1. The number of rotatable bonds is 7. The molecule has 0 fully saturated rings. The minimum absolute atomic E-state index is 0.160. The van der Waals surface area contributed by atoms with Crippen LogP contribution < -0.4 is 9.30 Å². The van der Waals surface area contributed by atoms with Gasteiger partial charge in [0.15, 0.2) is 11.0 Å². The van der Waals surface area contributed by atoms with Gasteiger partial charge in [0, 0.05) is 6.42 Å². The maximum absolute atomic E-state index is 12.9. The van der Waals surface area contributed by atoms with E-state index in [0.29, 0.717) is 12.3 Å². The van der Waals surface area contributed by atoms with Crippen LogP contribution in [0, 0.1) is 5.82 Å². The van der Waals surface area contributed by atoms with Crippen LogP contribution in [0.15, 0.2) is 48.5 Å². The fraction of sp³-hybridized carbons (Fsp3) is 0.350. The summed E-state index contributed by atoms with van der Waals surface area (Å²) < 4.78 is 23.0. The number of aryl methyl sites for hydroxylation is 1. The van der Waals surface area contributed by atoms with E-state index >= 15 is 0 Å². The first-order chi connectivity index (χ1) is 12.1. The van der Waals surface area contributed by atoms with Crippen LogP contribution in [0.3, 0.4) is 0 Å². The monoisotopic (exact) mass is 343 g/mol. The van der Waals surface area contributed by atoms with Gasteiger partial charge in [-0.25, -0.2) is 13.5 Å². The first-order valence-electron chi connectivity index (χ1n) is 8.70. The third kappa shape index (κ3) is 3.66. The van der Waals surface area contributed by atoms with Crippen molar-refractivity contribution >= 4 is 11.0 Å². The number of benzene rings is 2. The van der Waals surface area contributed by atoms with Crippen molar-refractivity contribution in [3.63, 3.8) is 0 Å². The molecule has 0 saturated carbocycles. The first kappa shape index (κ1) is 17.4. The van der Waals surface area contributed by atoms with Gasteiger partial charge < -0.3 is 9.84 Å². The van der Waals surface area contributed by atoms with Gasteiger partial charge in [-0.3, -0.25) is 0 Å². The number of aliphatic hydroxyl groups excluding tert-OH is 1. The van der Waals surface area contributed by atoms with Crippen molar-refractivity contribution in [2.45, 2.75) is 39.5 Å². The lowest BCUT2D eigenvalue weighted by atomic mass is 10.3. The van der Waals surface area contributed by atoms with Gasteiger partial charge in [0.2, 0.25) is 0 Å². The second-order valence-electron chi connectivity index (χ2n) is 6.03. The van der Waals surface area contributed by atoms with Crippen molar-refractivity contribution in [3.8, 4) is 5.75 Å². The molecule has 0 saturated heterocycles. The molecule has 3 aromatic rings. The zero-order chi connectivity index (χ0) is 17.8. The lowest BCUT2D eigenvalue weighted by Crippen LogP contribution is -2.44. The Morgan fingerprint density at radius 1 is 1.12 bits per heavy atom. The molecule has 1 atom stereocenters. The highest BCUT2D eigenvalue weighted by Gasteiger charge is 2.24. The maximum atomic E-state index is 12.9. The number of hydrogen-bond donors (Lipinski definition) is 1. The van der Waals surface area contributed by atoms with E-state index in [-0.39, 0.29) is 12.4 Å². The molecule has 0 aliphatic rings. The van der Waals surface area contributed by atoms with E-state index < -0.39 is 6.10 Å². The number of fused-ring (bicyclic) bond motifs is 1. The summed E-state index contributed by atoms with van der Waals surface area (Å²) in [4.78, 5) is 0. The Balaban J connectivity index is 1.78. The van der Waals surface area contributed by atoms with E-state index in [4.69, 9.17) is 4.74 Å². The number of ether oxygens (including phenoxy) is 1. The van der Waals surface area contributed by atoms with Crippen molar-refractivity contribution in [1.29, 1.82) is 0 Å². The zero-order valence-corrected chi connectivity index (χ0v) is 14.7. The van der Waals surface area contributed by atoms with Crippen LogP contribution >= 0.6 is 0 Å². The van der Waals surface area contributed by atoms with Crippen LogP contribution in [-0.2, 0) is 19.5 Å². The summed E-state index contributed by atoms with van der Waals surface area (Å²) in [5.41, 5.74) is 2.29. The van der Waals surface area contributed by atoms with E-state index in [2.05, 4.69) is 35.1 Å². The Labute approximate surface area is 147 Å². The van der Waals surface area contributed by atoms with Crippen LogP contribution in [0.5, 0.6) is 5.75 Å². The largest absolute Gasteiger partial charge is 0.491 e. The van der Waals surface area contributed by atoms with Crippen LogP contribution in [0.2, 0.25) is 0 Å². The molecule has 1 N–H and O–H groups in total. The highest BCUT2D eigenvalue weighted by Crippen LogP contribution is 2.16. The lowest BCUT2D eigenvalue weighted by Gasteiger charge is -2.12. The Hall–Kier alpha value is -2.40. The number of nitrogens with zero attached hydrogens (tertiary/aromatic N) is 2. The quantitative estimate of drug-likeness (QED) is 0.670. The van der Waals surface area contributed by atoms with Gasteiger partial charge in [0.25, 0.3) is 5.82 Å². The first-order valence-corrected chi connectivity index (χ1v) is 8.70. The Kier molecular flexibility index (Phi) is 5.34. The number of hydrogen-bond acceptors (Lipinski definition) is 2. The number of para-hydroxylation sites is 2. The highest BCUT2D eigenvalue weighted by atomic mass is 19.1. The minimum atomic E-state index is -0.656. The van der Waals surface area contributed by atoms with Gasteiger partial charge in [0.1, 0.15) is 30.8 Å². The van der Waals surface area contributed by atoms with E-state index in [1.807, 2.05) is 12.1 Å². The Bertz CT molecular complexity index is 843. The SMILES string of the molecule is CCc1n(CC)c2ccccc2[n+]1C[C@H](O)COc1ccc(F)cc1. The summed E-state index contributed by atoms with van der Waals surface area (Å²) in [6.45, 7) is 5.76. The lowest BCUT2D eigenvalue weighted by molar-refractivity contribution is -0.686. The molecule has 0 bridgehead atoms. The topological polar surface area (TPSA) is 38.3 Å². The summed E-state index contributed by atoms with van der Waals surface area (Å²) in [5, 5.41) is 10.5. The molecule has 5 heteroatoms. The average molecular weight is 343 g/mol. The van der Waals surface area contributed by atoms with Crippen LogP contribution in [0.4, 0.5) is 4.39 Å². The van der Waals surface area contributed by atoms with E-state index in [1.54, 1.807) is 12.1 Å². The zero-order valence-electron chi connectivity index (χ0n) is 14.7. The predicted octanol–water partition coefficient (Wildman–Crippen LogP) is 3.09. The third-order valence-electron chi connectivity index (χ3n) is 4.37. The molecular weight excluding hydrogens is 319 g/mol. The fourth-order valence-electron chi connectivity index (χ4n) is 3.27. The third-order valence-corrected chi connectivity index (χ3v) is 4.37. The highest BCUT2D eigenvalue weighted by molar-refractivity contribution is 5.72. The summed E-state index contributed by atoms with van der Waals surface area (Å²) in [5.74, 6) is 1.44. The Morgan fingerprint density at radius 2 is 1.84 bits per heavy atom. The average Bonchev–Trinajstić information content (AvgIpc) is 2.94. The van der Waals surface area contributed by atoms with E-state index in [1.165, 1.54) is 23.5 Å². The summed E-state index contributed by atoms with van der Waals surface area (Å²) >= 11 is 0. The van der Waals surface area contributed by atoms with Gasteiger partial charge in [-0.15, -0.1) is 0 Å². The number of halogens is 1. The molecule has 25 heavy (non-hydrogen) atoms. The molecular formula is C20H24FN2O2+. The summed E-state index contributed by atoms with van der Waals surface area (Å²) in [7, 11) is 0. The molecule has 1 aromatic heterocycles. The predicted molar refractivity (Wildman–Crippen MR) is 95.1 cm³/mol. The number of aliphatic hydroxyl groups is 1. The van der Waals surface area contributed by atoms with Gasteiger partial charge >= 0.3 is 0 Å². The molecule has 2 aromatic carbocycles. The molecule has 0 radical (unpaired) electrons. The number of imidazole rings is 1. The molecule has 1 heterocycles. The van der Waals surface area contributed by atoms with Crippen molar-refractivity contribution in [1.82, 2.24) is 4.57 Å². The molecule has 3 rings (SSSR count). The van der Waals surface area contributed by atoms with Crippen LogP contribution in [-0.4, -0.2) is 22.4 Å². The van der Waals surface area contributed by atoms with Crippen LogP contribution in [0.1, 0.15) is 19.7 Å². The van der Waals surface area contributed by atoms with Crippen molar-refractivity contribution in [3.05, 3.63) is 60.2 Å². The fourth-order valence-corrected chi connectivity index (χ4v) is 3.27. The Morgan fingerprint density at radius 3 is 2.52 bits per heavy atom. The van der Waals surface area contributed by atoms with Crippen LogP contribution in [0.25, 0.3) is 11.0 Å². The smallest absolute Gasteiger partial charge is 0.257 e. The molecule has 0 amide bonds. The molecule has 132 valence electrons. The van der Waals surface area contributed by atoms with Crippen molar-refractivity contribution < 1.29 is 18.8 Å². The van der Waals surface area contributed by atoms with Gasteiger partial charge in [-0.2, -0.15) is 0 Å². The van der Waals surface area contributed by atoms with E-state index in [0.717, 1.165) is 18.5 Å². The van der Waals surface area contributed by atoms with Gasteiger partial charge in [-0.1, -0.05) is 19.1 Å². The van der Waals surface area contributed by atoms with Gasteiger partial charge in [-0.05, 0) is 43.3 Å². The second-order valence-corrected chi connectivity index (χ2v) is 6.03. The minimum Gasteiger partial charge on any atom is -0.491 e. The second kappa shape index (κ2) is 7.66. The number of aromatic nitrogens is 2. The maximum Gasteiger partial charge on any atom is 0.257 e. The molecule has 0 unspecified atom stereocenters. The standard InChI is InChI=1S/C20H24FN2O2/c1-3-20-22(4-2)18-7-5-6-8-19(18)23(20)13-16(24)14-25-17-11-9-15(21)10-12-17/h5-12,16,24H,3-4,13-14H2,1-2H3/q+1/t16-/m0/s1. The molecule has 0 aliphatic heterocycles. The molecule has 0 aliphatic carbocycles. The molecule has 0 spiro atoms. The van der Waals surface area contributed by atoms with Gasteiger partial charge in [0.05, 0.1) is 6.54 Å². The summed E-state index contributed by atoms with van der Waals surface area (Å²) in [6.07, 6.45) is 0.227. The van der Waals surface area contributed by atoms with Crippen molar-refractivity contribution in [2.24, 2.45) is 0 Å².